The van der Waals surface area contributed by atoms with E-state index in [9.17, 15) is 14.0 Å². The van der Waals surface area contributed by atoms with E-state index in [1.807, 2.05) is 0 Å². The Bertz CT molecular complexity index is 671. The molecular weight excluding hydrogens is 287 g/mol. The summed E-state index contributed by atoms with van der Waals surface area (Å²) in [6, 6.07) is 12.2. The van der Waals surface area contributed by atoms with Gasteiger partial charge < -0.3 is 15.4 Å². The van der Waals surface area contributed by atoms with E-state index in [2.05, 4.69) is 15.4 Å². The standard InChI is InChI=1S/C16H15FN2O3/c1-22-16(21)11-5-7-13(8-6-11)18-10-15(20)19-14-4-2-3-12(17)9-14/h2-9,18H,10H2,1H3,(H,19,20). The molecule has 1 amide bonds. The molecule has 6 heteroatoms. The van der Waals surface area contributed by atoms with Crippen LogP contribution in [-0.2, 0) is 9.53 Å². The predicted molar refractivity (Wildman–Crippen MR) is 81.3 cm³/mol. The molecule has 0 radical (unpaired) electrons. The van der Waals surface area contributed by atoms with Gasteiger partial charge in [0.15, 0.2) is 0 Å². The minimum Gasteiger partial charge on any atom is -0.465 e. The van der Waals surface area contributed by atoms with Crippen LogP contribution in [0.4, 0.5) is 15.8 Å². The van der Waals surface area contributed by atoms with E-state index in [-0.39, 0.29) is 12.5 Å². The molecule has 0 aliphatic carbocycles. The van der Waals surface area contributed by atoms with Gasteiger partial charge in [-0.3, -0.25) is 4.79 Å². The molecular formula is C16H15FN2O3. The Balaban J connectivity index is 1.87. The monoisotopic (exact) mass is 302 g/mol. The van der Waals surface area contributed by atoms with Crippen LogP contribution in [0.15, 0.2) is 48.5 Å². The summed E-state index contributed by atoms with van der Waals surface area (Å²) in [6.07, 6.45) is 0. The fourth-order valence-electron chi connectivity index (χ4n) is 1.80. The summed E-state index contributed by atoms with van der Waals surface area (Å²) in [5, 5.41) is 5.48. The lowest BCUT2D eigenvalue weighted by Gasteiger charge is -2.08. The second-order valence-corrected chi connectivity index (χ2v) is 4.48. The first kappa shape index (κ1) is 15.5. The molecule has 0 unspecified atom stereocenters. The highest BCUT2D eigenvalue weighted by atomic mass is 19.1. The third kappa shape index (κ3) is 4.31. The van der Waals surface area contributed by atoms with Crippen LogP contribution in [0.3, 0.4) is 0 Å². The second kappa shape index (κ2) is 7.21. The molecule has 0 heterocycles. The van der Waals surface area contributed by atoms with Crippen molar-refractivity contribution in [3.05, 3.63) is 59.9 Å². The number of hydrogen-bond acceptors (Lipinski definition) is 4. The van der Waals surface area contributed by atoms with Crippen LogP contribution in [0.2, 0.25) is 0 Å². The zero-order valence-electron chi connectivity index (χ0n) is 11.9. The van der Waals surface area contributed by atoms with E-state index < -0.39 is 11.8 Å². The molecule has 0 aliphatic rings. The zero-order valence-corrected chi connectivity index (χ0v) is 11.9. The first-order valence-electron chi connectivity index (χ1n) is 6.56. The smallest absolute Gasteiger partial charge is 0.337 e. The van der Waals surface area contributed by atoms with E-state index in [0.29, 0.717) is 16.9 Å². The van der Waals surface area contributed by atoms with Gasteiger partial charge in [0, 0.05) is 11.4 Å². The van der Waals surface area contributed by atoms with Crippen LogP contribution in [0.5, 0.6) is 0 Å². The van der Waals surface area contributed by atoms with E-state index >= 15 is 0 Å². The van der Waals surface area contributed by atoms with Crippen LogP contribution in [-0.4, -0.2) is 25.5 Å². The van der Waals surface area contributed by atoms with Crippen molar-refractivity contribution in [3.8, 4) is 0 Å². The van der Waals surface area contributed by atoms with Gasteiger partial charge in [0.05, 0.1) is 19.2 Å². The third-order valence-corrected chi connectivity index (χ3v) is 2.87. The van der Waals surface area contributed by atoms with E-state index in [1.165, 1.54) is 25.3 Å². The quantitative estimate of drug-likeness (QED) is 0.833. The number of rotatable bonds is 5. The van der Waals surface area contributed by atoms with Gasteiger partial charge in [-0.05, 0) is 42.5 Å². The number of anilines is 2. The Morgan fingerprint density at radius 2 is 1.82 bits per heavy atom. The van der Waals surface area contributed by atoms with Gasteiger partial charge in [-0.15, -0.1) is 0 Å². The van der Waals surface area contributed by atoms with E-state index in [4.69, 9.17) is 0 Å². The summed E-state index contributed by atoms with van der Waals surface area (Å²) in [6.45, 7) is 0.0219. The molecule has 0 fully saturated rings. The van der Waals surface area contributed by atoms with Crippen molar-refractivity contribution in [1.82, 2.24) is 0 Å². The maximum absolute atomic E-state index is 13.0. The molecule has 0 bridgehead atoms. The Labute approximate surface area is 127 Å². The SMILES string of the molecule is COC(=O)c1ccc(NCC(=O)Nc2cccc(F)c2)cc1. The normalized spacial score (nSPS) is 9.91. The maximum Gasteiger partial charge on any atom is 0.337 e. The first-order valence-corrected chi connectivity index (χ1v) is 6.56. The molecule has 2 N–H and O–H groups in total. The maximum atomic E-state index is 13.0. The molecule has 0 spiro atoms. The van der Waals surface area contributed by atoms with Gasteiger partial charge >= 0.3 is 5.97 Å². The molecule has 114 valence electrons. The van der Waals surface area contributed by atoms with Crippen molar-refractivity contribution in [2.45, 2.75) is 0 Å². The Morgan fingerprint density at radius 1 is 1.09 bits per heavy atom. The Hall–Kier alpha value is -2.89. The number of ether oxygens (including phenoxy) is 1. The molecule has 0 saturated carbocycles. The topological polar surface area (TPSA) is 67.4 Å². The molecule has 2 rings (SSSR count). The highest BCUT2D eigenvalue weighted by Gasteiger charge is 2.06. The molecule has 0 saturated heterocycles. The number of nitrogens with one attached hydrogen (secondary N) is 2. The highest BCUT2D eigenvalue weighted by Crippen LogP contribution is 2.11. The van der Waals surface area contributed by atoms with Crippen molar-refractivity contribution < 1.29 is 18.7 Å². The summed E-state index contributed by atoms with van der Waals surface area (Å²) >= 11 is 0. The second-order valence-electron chi connectivity index (χ2n) is 4.48. The predicted octanol–water partition coefficient (Wildman–Crippen LogP) is 2.66. The van der Waals surface area contributed by atoms with Gasteiger partial charge in [-0.1, -0.05) is 6.07 Å². The first-order chi connectivity index (χ1) is 10.6. The average Bonchev–Trinajstić information content (AvgIpc) is 2.52. The van der Waals surface area contributed by atoms with Crippen molar-refractivity contribution in [1.29, 1.82) is 0 Å². The van der Waals surface area contributed by atoms with Crippen molar-refractivity contribution in [3.63, 3.8) is 0 Å². The molecule has 22 heavy (non-hydrogen) atoms. The minimum absolute atomic E-state index is 0.0219. The molecule has 2 aromatic rings. The van der Waals surface area contributed by atoms with Gasteiger partial charge in [0.2, 0.25) is 5.91 Å². The number of halogens is 1. The van der Waals surface area contributed by atoms with Crippen LogP contribution in [0.1, 0.15) is 10.4 Å². The van der Waals surface area contributed by atoms with Gasteiger partial charge in [-0.25, -0.2) is 9.18 Å². The van der Waals surface area contributed by atoms with Gasteiger partial charge in [-0.2, -0.15) is 0 Å². The van der Waals surface area contributed by atoms with Crippen LogP contribution in [0, 0.1) is 5.82 Å². The lowest BCUT2D eigenvalue weighted by atomic mass is 10.2. The van der Waals surface area contributed by atoms with E-state index in [0.717, 1.165) is 0 Å². The van der Waals surface area contributed by atoms with Crippen molar-refractivity contribution in [2.75, 3.05) is 24.3 Å². The lowest BCUT2D eigenvalue weighted by Crippen LogP contribution is -2.21. The summed E-state index contributed by atoms with van der Waals surface area (Å²) in [4.78, 5) is 23.0. The minimum atomic E-state index is -0.421. The summed E-state index contributed by atoms with van der Waals surface area (Å²) in [7, 11) is 1.31. The van der Waals surface area contributed by atoms with Crippen molar-refractivity contribution in [2.24, 2.45) is 0 Å². The number of benzene rings is 2. The van der Waals surface area contributed by atoms with Crippen LogP contribution in [0.25, 0.3) is 0 Å². The number of esters is 1. The molecule has 0 aromatic heterocycles. The third-order valence-electron chi connectivity index (χ3n) is 2.87. The fraction of sp³-hybridized carbons (Fsp3) is 0.125. The van der Waals surface area contributed by atoms with Gasteiger partial charge in [0.1, 0.15) is 5.82 Å². The van der Waals surface area contributed by atoms with Crippen LogP contribution >= 0.6 is 0 Å². The number of carbonyl (C=O) groups is 2. The Kier molecular flexibility index (Phi) is 5.08. The molecule has 0 aliphatic heterocycles. The highest BCUT2D eigenvalue weighted by molar-refractivity contribution is 5.94. The zero-order chi connectivity index (χ0) is 15.9. The van der Waals surface area contributed by atoms with Crippen LogP contribution < -0.4 is 10.6 Å². The molecule has 0 atom stereocenters. The Morgan fingerprint density at radius 3 is 2.45 bits per heavy atom. The molecule has 2 aromatic carbocycles. The summed E-state index contributed by atoms with van der Waals surface area (Å²) < 4.78 is 17.6. The average molecular weight is 302 g/mol. The number of amides is 1. The lowest BCUT2D eigenvalue weighted by molar-refractivity contribution is -0.114. The summed E-state index contributed by atoms with van der Waals surface area (Å²) in [5.74, 6) is -1.14. The number of hydrogen-bond donors (Lipinski definition) is 2. The fourth-order valence-corrected chi connectivity index (χ4v) is 1.80. The van der Waals surface area contributed by atoms with Crippen molar-refractivity contribution >= 4 is 23.3 Å². The number of carbonyl (C=O) groups excluding carboxylic acids is 2. The number of methoxy groups -OCH3 is 1. The van der Waals surface area contributed by atoms with Gasteiger partial charge in [0.25, 0.3) is 0 Å². The largest absolute Gasteiger partial charge is 0.465 e. The van der Waals surface area contributed by atoms with E-state index in [1.54, 1.807) is 30.3 Å². The summed E-state index contributed by atoms with van der Waals surface area (Å²) in [5.41, 5.74) is 1.51. The molecule has 5 nitrogen and oxygen atoms in total.